The van der Waals surface area contributed by atoms with Crippen LogP contribution in [0.3, 0.4) is 0 Å². The molecule has 1 saturated heterocycles. The normalized spacial score (nSPS) is 19.9. The van der Waals surface area contributed by atoms with E-state index >= 15 is 0 Å². The van der Waals surface area contributed by atoms with Gasteiger partial charge in [-0.1, -0.05) is 0 Å². The molecule has 3 N–H and O–H groups in total. The number of likely N-dealkylation sites (tertiary alicyclic amines) is 1. The summed E-state index contributed by atoms with van der Waals surface area (Å²) in [4.78, 5) is 13.6. The Balaban J connectivity index is 0.00000225. The molecule has 1 aliphatic heterocycles. The van der Waals surface area contributed by atoms with E-state index in [1.165, 1.54) is 25.9 Å². The van der Waals surface area contributed by atoms with E-state index < -0.39 is 0 Å². The highest BCUT2D eigenvalue weighted by molar-refractivity contribution is 5.85. The van der Waals surface area contributed by atoms with Crippen molar-refractivity contribution in [3.8, 4) is 0 Å². The third kappa shape index (κ3) is 5.68. The Labute approximate surface area is 104 Å². The Hall–Kier alpha value is -0.320. The molecule has 1 atom stereocenters. The second kappa shape index (κ2) is 7.87. The third-order valence-corrected chi connectivity index (χ3v) is 3.10. The molecule has 5 heteroatoms. The van der Waals surface area contributed by atoms with Gasteiger partial charge in [-0.05, 0) is 52.2 Å². The highest BCUT2D eigenvalue weighted by Crippen LogP contribution is 2.18. The van der Waals surface area contributed by atoms with Gasteiger partial charge in [-0.3, -0.25) is 4.79 Å². The lowest BCUT2D eigenvalue weighted by molar-refractivity contribution is -0.122. The number of carbonyl (C=O) groups is 1. The van der Waals surface area contributed by atoms with Crippen LogP contribution in [0.15, 0.2) is 0 Å². The second-order valence-corrected chi connectivity index (χ2v) is 4.62. The maximum absolute atomic E-state index is 11.2. The lowest BCUT2D eigenvalue weighted by Gasteiger charge is -2.28. The van der Waals surface area contributed by atoms with Crippen LogP contribution in [0.4, 0.5) is 0 Å². The summed E-state index contributed by atoms with van der Waals surface area (Å²) in [5.41, 5.74) is 5.45. The zero-order chi connectivity index (χ0) is 11.3. The lowest BCUT2D eigenvalue weighted by Crippen LogP contribution is -2.39. The van der Waals surface area contributed by atoms with E-state index in [0.29, 0.717) is 0 Å². The molecule has 0 radical (unpaired) electrons. The predicted molar refractivity (Wildman–Crippen MR) is 68.7 cm³/mol. The minimum atomic E-state index is -0.387. The summed E-state index contributed by atoms with van der Waals surface area (Å²) in [6.45, 7) is 4.86. The smallest absolute Gasteiger partial charge is 0.236 e. The summed E-state index contributed by atoms with van der Waals surface area (Å²) in [5.74, 6) is 0.734. The number of halogens is 1. The summed E-state index contributed by atoms with van der Waals surface area (Å²) >= 11 is 0. The summed E-state index contributed by atoms with van der Waals surface area (Å²) in [5, 5.41) is 2.86. The summed E-state index contributed by atoms with van der Waals surface area (Å²) in [6.07, 6.45) is 3.60. The topological polar surface area (TPSA) is 58.4 Å². The standard InChI is InChI=1S/C11H23N3O.ClH/c1-9(12)11(15)13-6-3-10-4-7-14(2)8-5-10;/h9-10H,3-8,12H2,1-2H3,(H,13,15);1H. The number of carbonyl (C=O) groups excluding carboxylic acids is 1. The van der Waals surface area contributed by atoms with Crippen molar-refractivity contribution in [3.05, 3.63) is 0 Å². The van der Waals surface area contributed by atoms with Gasteiger partial charge in [-0.25, -0.2) is 0 Å². The van der Waals surface area contributed by atoms with Crippen molar-refractivity contribution in [1.29, 1.82) is 0 Å². The molecule has 0 saturated carbocycles. The molecule has 96 valence electrons. The van der Waals surface area contributed by atoms with E-state index in [9.17, 15) is 4.79 Å². The van der Waals surface area contributed by atoms with Crippen molar-refractivity contribution in [2.75, 3.05) is 26.7 Å². The highest BCUT2D eigenvalue weighted by atomic mass is 35.5. The monoisotopic (exact) mass is 249 g/mol. The molecule has 0 spiro atoms. The Kier molecular flexibility index (Phi) is 7.72. The first-order valence-electron chi connectivity index (χ1n) is 5.81. The Morgan fingerprint density at radius 1 is 1.50 bits per heavy atom. The van der Waals surface area contributed by atoms with E-state index in [-0.39, 0.29) is 24.4 Å². The molecule has 1 aliphatic rings. The molecule has 1 amide bonds. The van der Waals surface area contributed by atoms with E-state index in [0.717, 1.165) is 18.9 Å². The van der Waals surface area contributed by atoms with Crippen LogP contribution in [0, 0.1) is 5.92 Å². The van der Waals surface area contributed by atoms with Crippen LogP contribution < -0.4 is 11.1 Å². The first kappa shape index (κ1) is 15.7. The zero-order valence-electron chi connectivity index (χ0n) is 10.2. The Bertz CT molecular complexity index is 203. The van der Waals surface area contributed by atoms with Crippen LogP contribution in [-0.2, 0) is 4.79 Å². The summed E-state index contributed by atoms with van der Waals surface area (Å²) in [6, 6.07) is -0.387. The maximum Gasteiger partial charge on any atom is 0.236 e. The Morgan fingerprint density at radius 2 is 2.06 bits per heavy atom. The van der Waals surface area contributed by atoms with Crippen LogP contribution in [0.25, 0.3) is 0 Å². The number of hydrogen-bond donors (Lipinski definition) is 2. The van der Waals surface area contributed by atoms with Gasteiger partial charge in [-0.2, -0.15) is 0 Å². The van der Waals surface area contributed by atoms with Crippen molar-refractivity contribution < 1.29 is 4.79 Å². The number of nitrogens with zero attached hydrogens (tertiary/aromatic N) is 1. The number of amides is 1. The molecule has 16 heavy (non-hydrogen) atoms. The number of nitrogens with two attached hydrogens (primary N) is 1. The first-order chi connectivity index (χ1) is 7.09. The average Bonchev–Trinajstić information content (AvgIpc) is 2.20. The van der Waals surface area contributed by atoms with Gasteiger partial charge >= 0.3 is 0 Å². The van der Waals surface area contributed by atoms with Crippen LogP contribution in [0.1, 0.15) is 26.2 Å². The molecule has 1 heterocycles. The van der Waals surface area contributed by atoms with Gasteiger partial charge in [0, 0.05) is 6.54 Å². The molecule has 0 aromatic heterocycles. The van der Waals surface area contributed by atoms with Crippen molar-refractivity contribution >= 4 is 18.3 Å². The van der Waals surface area contributed by atoms with E-state index in [4.69, 9.17) is 5.73 Å². The van der Waals surface area contributed by atoms with Crippen molar-refractivity contribution in [2.24, 2.45) is 11.7 Å². The van der Waals surface area contributed by atoms with Gasteiger partial charge in [0.25, 0.3) is 0 Å². The largest absolute Gasteiger partial charge is 0.355 e. The van der Waals surface area contributed by atoms with Crippen molar-refractivity contribution in [1.82, 2.24) is 10.2 Å². The minimum absolute atomic E-state index is 0. The van der Waals surface area contributed by atoms with E-state index in [2.05, 4.69) is 17.3 Å². The third-order valence-electron chi connectivity index (χ3n) is 3.10. The van der Waals surface area contributed by atoms with Gasteiger partial charge in [0.15, 0.2) is 0 Å². The molecule has 1 rings (SSSR count). The van der Waals surface area contributed by atoms with Gasteiger partial charge in [0.2, 0.25) is 5.91 Å². The van der Waals surface area contributed by atoms with Gasteiger partial charge in [-0.15, -0.1) is 12.4 Å². The van der Waals surface area contributed by atoms with Gasteiger partial charge in [0.1, 0.15) is 0 Å². The van der Waals surface area contributed by atoms with E-state index in [1.807, 2.05) is 0 Å². The van der Waals surface area contributed by atoms with E-state index in [1.54, 1.807) is 6.92 Å². The Morgan fingerprint density at radius 3 is 2.56 bits per heavy atom. The van der Waals surface area contributed by atoms with Gasteiger partial charge in [0.05, 0.1) is 6.04 Å². The second-order valence-electron chi connectivity index (χ2n) is 4.62. The molecule has 1 fully saturated rings. The average molecular weight is 250 g/mol. The fourth-order valence-corrected chi connectivity index (χ4v) is 1.91. The van der Waals surface area contributed by atoms with Crippen LogP contribution >= 0.6 is 12.4 Å². The highest BCUT2D eigenvalue weighted by Gasteiger charge is 2.16. The first-order valence-corrected chi connectivity index (χ1v) is 5.81. The van der Waals surface area contributed by atoms with Crippen LogP contribution in [0.2, 0.25) is 0 Å². The van der Waals surface area contributed by atoms with Gasteiger partial charge < -0.3 is 16.0 Å². The number of rotatable bonds is 4. The van der Waals surface area contributed by atoms with Crippen molar-refractivity contribution in [3.63, 3.8) is 0 Å². The molecule has 0 aliphatic carbocycles. The zero-order valence-corrected chi connectivity index (χ0v) is 11.1. The fraction of sp³-hybridized carbons (Fsp3) is 0.909. The molecule has 0 aromatic rings. The molecule has 1 unspecified atom stereocenters. The van der Waals surface area contributed by atoms with Crippen molar-refractivity contribution in [2.45, 2.75) is 32.2 Å². The minimum Gasteiger partial charge on any atom is -0.355 e. The lowest BCUT2D eigenvalue weighted by atomic mass is 9.94. The number of piperidine rings is 1. The number of hydrogen-bond acceptors (Lipinski definition) is 3. The molecule has 4 nitrogen and oxygen atoms in total. The molecule has 0 aromatic carbocycles. The van der Waals surface area contributed by atoms with Crippen LogP contribution in [-0.4, -0.2) is 43.5 Å². The number of nitrogens with one attached hydrogen (secondary N) is 1. The summed E-state index contributed by atoms with van der Waals surface area (Å²) < 4.78 is 0. The summed E-state index contributed by atoms with van der Waals surface area (Å²) in [7, 11) is 2.16. The SMILES string of the molecule is CC(N)C(=O)NCCC1CCN(C)CC1.Cl. The maximum atomic E-state index is 11.2. The van der Waals surface area contributed by atoms with Crippen LogP contribution in [0.5, 0.6) is 0 Å². The molecular formula is C11H24ClN3O. The molecule has 0 bridgehead atoms. The quantitative estimate of drug-likeness (QED) is 0.767. The fourth-order valence-electron chi connectivity index (χ4n) is 1.91. The molecular weight excluding hydrogens is 226 g/mol. The predicted octanol–water partition coefficient (Wildman–Crippen LogP) is 0.603.